The lowest BCUT2D eigenvalue weighted by Gasteiger charge is -2.39. The van der Waals surface area contributed by atoms with Crippen molar-refractivity contribution in [2.75, 3.05) is 31.1 Å². The van der Waals surface area contributed by atoms with Crippen molar-refractivity contribution >= 4 is 28.1 Å². The Kier molecular flexibility index (Phi) is 6.50. The van der Waals surface area contributed by atoms with E-state index in [4.69, 9.17) is 0 Å². The Hall–Kier alpha value is -3.59. The van der Waals surface area contributed by atoms with Crippen LogP contribution in [0.3, 0.4) is 0 Å². The van der Waals surface area contributed by atoms with Crippen LogP contribution in [0.1, 0.15) is 25.5 Å². The lowest BCUT2D eigenvalue weighted by molar-refractivity contribution is -0.383. The van der Waals surface area contributed by atoms with Crippen LogP contribution in [0.15, 0.2) is 54.9 Å². The van der Waals surface area contributed by atoms with Gasteiger partial charge in [0.1, 0.15) is 5.82 Å². The molecule has 0 bridgehead atoms. The first-order valence-electron chi connectivity index (χ1n) is 10.9. The number of benzene rings is 2. The minimum atomic E-state index is -0.390. The molecule has 172 valence electrons. The van der Waals surface area contributed by atoms with Crippen LogP contribution < -0.4 is 10.2 Å². The second-order valence-corrected chi connectivity index (χ2v) is 8.26. The van der Waals surface area contributed by atoms with Crippen LogP contribution in [-0.4, -0.2) is 52.9 Å². The van der Waals surface area contributed by atoms with Crippen LogP contribution in [0.5, 0.6) is 0 Å². The van der Waals surface area contributed by atoms with E-state index in [0.717, 1.165) is 16.6 Å². The monoisotopic (exact) mass is 451 g/mol. The molecular weight excluding hydrogens is 425 g/mol. The minimum absolute atomic E-state index is 0.0426. The van der Waals surface area contributed by atoms with Gasteiger partial charge in [-0.25, -0.2) is 4.39 Å². The average molecular weight is 452 g/mol. The summed E-state index contributed by atoms with van der Waals surface area (Å²) in [5.74, 6) is -0.382. The highest BCUT2D eigenvalue weighted by Gasteiger charge is 2.28. The van der Waals surface area contributed by atoms with Gasteiger partial charge >= 0.3 is 0 Å². The van der Waals surface area contributed by atoms with Crippen LogP contribution >= 0.6 is 0 Å². The van der Waals surface area contributed by atoms with Crippen molar-refractivity contribution in [2.45, 2.75) is 25.9 Å². The topological polar surface area (TPSA) is 91.6 Å². The maximum Gasteiger partial charge on any atom is 0.278 e. The number of anilines is 1. The zero-order valence-corrected chi connectivity index (χ0v) is 18.6. The van der Waals surface area contributed by atoms with E-state index in [0.29, 0.717) is 31.6 Å². The summed E-state index contributed by atoms with van der Waals surface area (Å²) in [5.41, 5.74) is 1.82. The number of pyridine rings is 1. The number of halogens is 1. The molecule has 1 fully saturated rings. The van der Waals surface area contributed by atoms with Crippen molar-refractivity contribution in [1.29, 1.82) is 0 Å². The number of hydrogen-bond acceptors (Lipinski definition) is 6. The fraction of sp³-hybridized carbons (Fsp3) is 0.333. The van der Waals surface area contributed by atoms with Gasteiger partial charge in [-0.15, -0.1) is 0 Å². The Morgan fingerprint density at radius 1 is 1.06 bits per heavy atom. The Morgan fingerprint density at radius 2 is 1.76 bits per heavy atom. The van der Waals surface area contributed by atoms with Crippen LogP contribution in [0.4, 0.5) is 15.8 Å². The molecule has 3 aromatic rings. The number of nitrogens with zero attached hydrogens (tertiary/aromatic N) is 4. The van der Waals surface area contributed by atoms with E-state index in [1.807, 2.05) is 13.8 Å². The molecule has 1 amide bonds. The number of amides is 1. The van der Waals surface area contributed by atoms with E-state index in [2.05, 4.69) is 20.1 Å². The van der Waals surface area contributed by atoms with Crippen LogP contribution in [-0.2, 0) is 4.79 Å². The molecule has 0 saturated carbocycles. The summed E-state index contributed by atoms with van der Waals surface area (Å²) >= 11 is 0. The average Bonchev–Trinajstić information content (AvgIpc) is 2.83. The van der Waals surface area contributed by atoms with Gasteiger partial charge in [0.25, 0.3) is 5.69 Å². The van der Waals surface area contributed by atoms with Gasteiger partial charge in [-0.05, 0) is 43.7 Å². The predicted molar refractivity (Wildman–Crippen MR) is 125 cm³/mol. The van der Waals surface area contributed by atoms with Gasteiger partial charge in [-0.2, -0.15) is 0 Å². The van der Waals surface area contributed by atoms with Gasteiger partial charge in [-0.1, -0.05) is 12.1 Å². The molecule has 1 aliphatic heterocycles. The number of carbonyl (C=O) groups excluding carboxylic acids is 1. The summed E-state index contributed by atoms with van der Waals surface area (Å²) in [6, 6.07) is 10.7. The lowest BCUT2D eigenvalue weighted by Crippen LogP contribution is -2.54. The van der Waals surface area contributed by atoms with Crippen molar-refractivity contribution < 1.29 is 14.1 Å². The zero-order valence-electron chi connectivity index (χ0n) is 18.6. The van der Waals surface area contributed by atoms with Gasteiger partial charge in [0.2, 0.25) is 5.91 Å². The maximum atomic E-state index is 13.1. The standard InChI is InChI=1S/C24H26FN5O3/c1-16(18-3-5-19(25)6-4-18)27-24(31)17(2)28-11-13-29(14-12-28)22-7-8-23(30(32)33)21-15-26-10-9-20(21)22/h3-10,15-17H,11-14H2,1-2H3,(H,27,31). The molecule has 9 heteroatoms. The van der Waals surface area contributed by atoms with Gasteiger partial charge in [0.15, 0.2) is 0 Å². The highest BCUT2D eigenvalue weighted by Crippen LogP contribution is 2.33. The minimum Gasteiger partial charge on any atom is -0.368 e. The third-order valence-corrected chi connectivity index (χ3v) is 6.28. The summed E-state index contributed by atoms with van der Waals surface area (Å²) in [6.07, 6.45) is 3.17. The Bertz CT molecular complexity index is 1160. The molecule has 1 N–H and O–H groups in total. The van der Waals surface area contributed by atoms with Crippen LogP contribution in [0, 0.1) is 15.9 Å². The molecule has 4 rings (SSSR count). The number of carbonyl (C=O) groups is 1. The molecule has 0 aliphatic carbocycles. The number of piperazine rings is 1. The number of nitro groups is 1. The van der Waals surface area contributed by atoms with Gasteiger partial charge < -0.3 is 10.2 Å². The molecule has 0 spiro atoms. The van der Waals surface area contributed by atoms with Gasteiger partial charge in [0, 0.05) is 55.7 Å². The third kappa shape index (κ3) is 4.78. The first-order chi connectivity index (χ1) is 15.8. The number of non-ortho nitro benzene ring substituents is 1. The Labute approximate surface area is 191 Å². The van der Waals surface area contributed by atoms with Crippen LogP contribution in [0.25, 0.3) is 10.8 Å². The zero-order chi connectivity index (χ0) is 23.5. The molecule has 2 atom stereocenters. The molecular formula is C24H26FN5O3. The number of nitro benzene ring substituents is 1. The molecule has 1 saturated heterocycles. The first kappa shape index (κ1) is 22.6. The molecule has 1 aromatic heterocycles. The van der Waals surface area contributed by atoms with Crippen molar-refractivity contribution in [2.24, 2.45) is 0 Å². The number of hydrogen-bond donors (Lipinski definition) is 1. The van der Waals surface area contributed by atoms with Crippen molar-refractivity contribution in [3.05, 3.63) is 76.4 Å². The summed E-state index contributed by atoms with van der Waals surface area (Å²) in [6.45, 7) is 6.52. The fourth-order valence-electron chi connectivity index (χ4n) is 4.28. The van der Waals surface area contributed by atoms with E-state index < -0.39 is 0 Å². The molecule has 2 heterocycles. The second-order valence-electron chi connectivity index (χ2n) is 8.26. The van der Waals surface area contributed by atoms with Crippen molar-refractivity contribution in [3.63, 3.8) is 0 Å². The van der Waals surface area contributed by atoms with E-state index in [1.165, 1.54) is 24.4 Å². The van der Waals surface area contributed by atoms with Crippen molar-refractivity contribution in [3.8, 4) is 0 Å². The molecule has 33 heavy (non-hydrogen) atoms. The smallest absolute Gasteiger partial charge is 0.278 e. The lowest BCUT2D eigenvalue weighted by atomic mass is 10.1. The predicted octanol–water partition coefficient (Wildman–Crippen LogP) is 3.67. The third-order valence-electron chi connectivity index (χ3n) is 6.28. The summed E-state index contributed by atoms with van der Waals surface area (Å²) in [7, 11) is 0. The molecule has 1 aliphatic rings. The maximum absolute atomic E-state index is 13.1. The van der Waals surface area contributed by atoms with Crippen molar-refractivity contribution in [1.82, 2.24) is 15.2 Å². The SMILES string of the molecule is CC(NC(=O)C(C)N1CCN(c2ccc([N+](=O)[O-])c3cnccc23)CC1)c1ccc(F)cc1. The van der Waals surface area contributed by atoms with Crippen LogP contribution in [0.2, 0.25) is 0 Å². The second kappa shape index (κ2) is 9.50. The van der Waals surface area contributed by atoms with E-state index >= 15 is 0 Å². The highest BCUT2D eigenvalue weighted by atomic mass is 19.1. The number of fused-ring (bicyclic) bond motifs is 1. The molecule has 2 unspecified atom stereocenters. The number of nitrogens with one attached hydrogen (secondary N) is 1. The number of aromatic nitrogens is 1. The molecule has 2 aromatic carbocycles. The van der Waals surface area contributed by atoms with Gasteiger partial charge in [0.05, 0.1) is 22.4 Å². The summed E-state index contributed by atoms with van der Waals surface area (Å²) < 4.78 is 13.1. The fourth-order valence-corrected chi connectivity index (χ4v) is 4.28. The van der Waals surface area contributed by atoms with E-state index in [9.17, 15) is 19.3 Å². The van der Waals surface area contributed by atoms with E-state index in [-0.39, 0.29) is 34.4 Å². The molecule has 0 radical (unpaired) electrons. The normalized spacial score (nSPS) is 16.4. The van der Waals surface area contributed by atoms with Gasteiger partial charge in [-0.3, -0.25) is 24.8 Å². The summed E-state index contributed by atoms with van der Waals surface area (Å²) in [5, 5.41) is 15.7. The largest absolute Gasteiger partial charge is 0.368 e. The highest BCUT2D eigenvalue weighted by molar-refractivity contribution is 5.99. The number of rotatable bonds is 6. The Balaban J connectivity index is 1.40. The quantitative estimate of drug-likeness (QED) is 0.454. The molecule has 8 nitrogen and oxygen atoms in total. The summed E-state index contributed by atoms with van der Waals surface area (Å²) in [4.78, 5) is 32.2. The first-order valence-corrected chi connectivity index (χ1v) is 10.9. The van der Waals surface area contributed by atoms with E-state index in [1.54, 1.807) is 30.5 Å². The Morgan fingerprint density at radius 3 is 2.42 bits per heavy atom.